The highest BCUT2D eigenvalue weighted by atomic mass is 15.1. The summed E-state index contributed by atoms with van der Waals surface area (Å²) in [5.74, 6) is 0. The van der Waals surface area contributed by atoms with Gasteiger partial charge in [-0.3, -0.25) is 0 Å². The highest BCUT2D eigenvalue weighted by Crippen LogP contribution is 2.20. The van der Waals surface area contributed by atoms with E-state index in [0.29, 0.717) is 0 Å². The first-order valence-electron chi connectivity index (χ1n) is 4.51. The topological polar surface area (TPSA) is 17.8 Å². The summed E-state index contributed by atoms with van der Waals surface area (Å²) in [4.78, 5) is 4.35. The minimum atomic E-state index is 0.107. The molecule has 13 heavy (non-hydrogen) atoms. The first-order chi connectivity index (χ1) is 6.09. The number of hydrogen-bond acceptors (Lipinski definition) is 1. The van der Waals surface area contributed by atoms with Gasteiger partial charge in [0.2, 0.25) is 0 Å². The molecule has 68 valence electrons. The van der Waals surface area contributed by atoms with Gasteiger partial charge < -0.3 is 4.57 Å². The molecule has 0 spiro atoms. The predicted molar refractivity (Wildman–Crippen MR) is 54.7 cm³/mol. The fourth-order valence-corrected chi connectivity index (χ4v) is 1.49. The molecule has 0 aliphatic rings. The van der Waals surface area contributed by atoms with Gasteiger partial charge in [0.15, 0.2) is 0 Å². The quantitative estimate of drug-likeness (QED) is 0.600. The van der Waals surface area contributed by atoms with E-state index in [1.807, 2.05) is 24.5 Å². The van der Waals surface area contributed by atoms with E-state index < -0.39 is 0 Å². The van der Waals surface area contributed by atoms with E-state index in [1.54, 1.807) is 0 Å². The summed E-state index contributed by atoms with van der Waals surface area (Å²) in [6.07, 6.45) is 1.91. The van der Waals surface area contributed by atoms with Gasteiger partial charge in [0.25, 0.3) is 0 Å². The summed E-state index contributed by atoms with van der Waals surface area (Å²) < 4.78 is 2.20. The fraction of sp³-hybridized carbons (Fsp3) is 0.364. The molecule has 2 aromatic rings. The van der Waals surface area contributed by atoms with Gasteiger partial charge in [-0.2, -0.15) is 0 Å². The van der Waals surface area contributed by atoms with Crippen LogP contribution in [0.15, 0.2) is 30.6 Å². The minimum absolute atomic E-state index is 0.107. The fourth-order valence-electron chi connectivity index (χ4n) is 1.49. The van der Waals surface area contributed by atoms with Gasteiger partial charge in [-0.1, -0.05) is 12.1 Å². The molecule has 1 heterocycles. The molecular weight excluding hydrogens is 160 g/mol. The lowest BCUT2D eigenvalue weighted by Crippen LogP contribution is -2.20. The van der Waals surface area contributed by atoms with Crippen LogP contribution in [0.1, 0.15) is 20.8 Å². The SMILES string of the molecule is CC(C)(C)n1cnc2ccccc21. The zero-order chi connectivity index (χ0) is 9.47. The van der Waals surface area contributed by atoms with E-state index in [0.717, 1.165) is 5.52 Å². The zero-order valence-electron chi connectivity index (χ0n) is 8.28. The Balaban J connectivity index is 2.72. The largest absolute Gasteiger partial charge is 0.325 e. The number of imidazole rings is 1. The first kappa shape index (κ1) is 8.30. The van der Waals surface area contributed by atoms with Crippen molar-refractivity contribution in [2.45, 2.75) is 26.3 Å². The predicted octanol–water partition coefficient (Wildman–Crippen LogP) is 2.79. The third kappa shape index (κ3) is 1.32. The van der Waals surface area contributed by atoms with Crippen molar-refractivity contribution in [2.24, 2.45) is 0 Å². The van der Waals surface area contributed by atoms with Crippen LogP contribution in [0.5, 0.6) is 0 Å². The summed E-state index contributed by atoms with van der Waals surface area (Å²) >= 11 is 0. The molecule has 2 rings (SSSR count). The molecule has 0 atom stereocenters. The number of hydrogen-bond donors (Lipinski definition) is 0. The molecular formula is C11H14N2. The van der Waals surface area contributed by atoms with E-state index in [-0.39, 0.29) is 5.54 Å². The summed E-state index contributed by atoms with van der Waals surface area (Å²) in [5.41, 5.74) is 2.38. The number of fused-ring (bicyclic) bond motifs is 1. The Morgan fingerprint density at radius 2 is 1.85 bits per heavy atom. The van der Waals surface area contributed by atoms with Crippen LogP contribution in [0.3, 0.4) is 0 Å². The van der Waals surface area contributed by atoms with Gasteiger partial charge in [-0.05, 0) is 32.9 Å². The maximum Gasteiger partial charge on any atom is 0.0963 e. The van der Waals surface area contributed by atoms with Crippen LogP contribution >= 0.6 is 0 Å². The van der Waals surface area contributed by atoms with Gasteiger partial charge in [-0.25, -0.2) is 4.98 Å². The molecule has 0 fully saturated rings. The summed E-state index contributed by atoms with van der Waals surface area (Å²) in [5, 5.41) is 0. The molecule has 0 radical (unpaired) electrons. The molecule has 0 unspecified atom stereocenters. The average molecular weight is 174 g/mol. The molecule has 1 aromatic carbocycles. The summed E-state index contributed by atoms with van der Waals surface area (Å²) in [6, 6.07) is 8.21. The van der Waals surface area contributed by atoms with Crippen molar-refractivity contribution < 1.29 is 0 Å². The lowest BCUT2D eigenvalue weighted by molar-refractivity contribution is 0.408. The number of aromatic nitrogens is 2. The number of para-hydroxylation sites is 2. The maximum atomic E-state index is 4.35. The number of nitrogens with zero attached hydrogens (tertiary/aromatic N) is 2. The lowest BCUT2D eigenvalue weighted by Gasteiger charge is -2.21. The van der Waals surface area contributed by atoms with E-state index >= 15 is 0 Å². The molecule has 0 saturated carbocycles. The van der Waals surface area contributed by atoms with E-state index in [2.05, 4.69) is 36.4 Å². The molecule has 0 aliphatic carbocycles. The van der Waals surface area contributed by atoms with E-state index in [4.69, 9.17) is 0 Å². The molecule has 2 heteroatoms. The van der Waals surface area contributed by atoms with Crippen LogP contribution in [-0.4, -0.2) is 9.55 Å². The van der Waals surface area contributed by atoms with Crippen molar-refractivity contribution in [3.05, 3.63) is 30.6 Å². The van der Waals surface area contributed by atoms with Crippen molar-refractivity contribution in [3.63, 3.8) is 0 Å². The van der Waals surface area contributed by atoms with Crippen molar-refractivity contribution in [1.82, 2.24) is 9.55 Å². The smallest absolute Gasteiger partial charge is 0.0963 e. The monoisotopic (exact) mass is 174 g/mol. The zero-order valence-corrected chi connectivity index (χ0v) is 8.28. The van der Waals surface area contributed by atoms with Crippen molar-refractivity contribution in [1.29, 1.82) is 0 Å². The second-order valence-corrected chi connectivity index (χ2v) is 4.27. The van der Waals surface area contributed by atoms with Gasteiger partial charge >= 0.3 is 0 Å². The summed E-state index contributed by atoms with van der Waals surface area (Å²) in [6.45, 7) is 6.54. The Morgan fingerprint density at radius 3 is 2.54 bits per heavy atom. The highest BCUT2D eigenvalue weighted by Gasteiger charge is 2.14. The van der Waals surface area contributed by atoms with Crippen LogP contribution in [0.4, 0.5) is 0 Å². The molecule has 2 nitrogen and oxygen atoms in total. The Hall–Kier alpha value is -1.31. The van der Waals surface area contributed by atoms with Gasteiger partial charge in [0, 0.05) is 5.54 Å². The Morgan fingerprint density at radius 1 is 1.15 bits per heavy atom. The second-order valence-electron chi connectivity index (χ2n) is 4.27. The van der Waals surface area contributed by atoms with Gasteiger partial charge in [0.05, 0.1) is 17.4 Å². The Labute approximate surface area is 78.2 Å². The normalized spacial score (nSPS) is 12.2. The van der Waals surface area contributed by atoms with Crippen LogP contribution < -0.4 is 0 Å². The Bertz CT molecular complexity index is 421. The lowest BCUT2D eigenvalue weighted by atomic mass is 10.1. The Kier molecular flexibility index (Phi) is 1.65. The maximum absolute atomic E-state index is 4.35. The van der Waals surface area contributed by atoms with Crippen LogP contribution in [-0.2, 0) is 5.54 Å². The van der Waals surface area contributed by atoms with Gasteiger partial charge in [-0.15, -0.1) is 0 Å². The van der Waals surface area contributed by atoms with Crippen molar-refractivity contribution in [2.75, 3.05) is 0 Å². The van der Waals surface area contributed by atoms with Crippen LogP contribution in [0.25, 0.3) is 11.0 Å². The third-order valence-corrected chi connectivity index (χ3v) is 2.18. The molecule has 0 saturated heterocycles. The highest BCUT2D eigenvalue weighted by molar-refractivity contribution is 5.75. The molecule has 0 aliphatic heterocycles. The minimum Gasteiger partial charge on any atom is -0.325 e. The molecule has 0 bridgehead atoms. The second kappa shape index (κ2) is 2.59. The summed E-state index contributed by atoms with van der Waals surface area (Å²) in [7, 11) is 0. The average Bonchev–Trinajstić information content (AvgIpc) is 2.45. The molecule has 0 N–H and O–H groups in total. The third-order valence-electron chi connectivity index (χ3n) is 2.18. The van der Waals surface area contributed by atoms with Crippen molar-refractivity contribution >= 4 is 11.0 Å². The van der Waals surface area contributed by atoms with E-state index in [1.165, 1.54) is 5.52 Å². The number of rotatable bonds is 0. The number of benzene rings is 1. The van der Waals surface area contributed by atoms with Crippen LogP contribution in [0.2, 0.25) is 0 Å². The van der Waals surface area contributed by atoms with Crippen molar-refractivity contribution in [3.8, 4) is 0 Å². The van der Waals surface area contributed by atoms with Crippen LogP contribution in [0, 0.1) is 0 Å². The standard InChI is InChI=1S/C11H14N2/c1-11(2,3)13-8-12-9-6-4-5-7-10(9)13/h4-8H,1-3H3. The van der Waals surface area contributed by atoms with E-state index in [9.17, 15) is 0 Å². The molecule has 0 amide bonds. The van der Waals surface area contributed by atoms with Gasteiger partial charge in [0.1, 0.15) is 0 Å². The molecule has 1 aromatic heterocycles. The first-order valence-corrected chi connectivity index (χ1v) is 4.51.